The summed E-state index contributed by atoms with van der Waals surface area (Å²) >= 11 is 0. The molecule has 1 aliphatic heterocycles. The van der Waals surface area contributed by atoms with Gasteiger partial charge in [-0.2, -0.15) is 0 Å². The molecule has 0 bridgehead atoms. The molecule has 6 nitrogen and oxygen atoms in total. The predicted molar refractivity (Wildman–Crippen MR) is 111 cm³/mol. The maximum atomic E-state index is 13.5. The number of allylic oxidation sites excluding steroid dienone is 2. The van der Waals surface area contributed by atoms with Crippen LogP contribution in [0.25, 0.3) is 5.69 Å². The smallest absolute Gasteiger partial charge is 0.277 e. The van der Waals surface area contributed by atoms with Crippen LogP contribution in [0.5, 0.6) is 5.75 Å². The second kappa shape index (κ2) is 6.81. The molecule has 0 spiro atoms. The predicted octanol–water partition coefficient (Wildman–Crippen LogP) is 3.74. The maximum Gasteiger partial charge on any atom is 0.277 e. The summed E-state index contributed by atoms with van der Waals surface area (Å²) in [6, 6.07) is 17.0. The minimum atomic E-state index is -0.459. The summed E-state index contributed by atoms with van der Waals surface area (Å²) in [5, 5.41) is 6.55. The second-order valence-corrected chi connectivity index (χ2v) is 7.35. The van der Waals surface area contributed by atoms with Gasteiger partial charge in [0.2, 0.25) is 0 Å². The first-order valence-electron chi connectivity index (χ1n) is 9.75. The average molecular weight is 387 g/mol. The Bertz CT molecular complexity index is 1190. The number of anilines is 1. The number of carbonyl (C=O) groups excluding carboxylic acids is 1. The molecule has 0 fully saturated rings. The molecule has 2 heterocycles. The van der Waals surface area contributed by atoms with Crippen molar-refractivity contribution in [2.75, 3.05) is 12.4 Å². The Morgan fingerprint density at radius 2 is 1.76 bits per heavy atom. The molecule has 5 rings (SSSR count). The number of nitrogens with zero attached hydrogens (tertiary/aromatic N) is 1. The number of hydrogen-bond acceptors (Lipinski definition) is 4. The molecule has 0 saturated carbocycles. The van der Waals surface area contributed by atoms with E-state index in [-0.39, 0.29) is 11.3 Å². The summed E-state index contributed by atoms with van der Waals surface area (Å²) in [6.07, 6.45) is 2.09. The van der Waals surface area contributed by atoms with Crippen LogP contribution in [-0.4, -0.2) is 22.7 Å². The third kappa shape index (κ3) is 2.71. The van der Waals surface area contributed by atoms with Gasteiger partial charge in [0, 0.05) is 23.3 Å². The zero-order chi connectivity index (χ0) is 20.0. The number of ether oxygens (including phenoxy) is 1. The van der Waals surface area contributed by atoms with Crippen LogP contribution in [0, 0.1) is 0 Å². The van der Waals surface area contributed by atoms with Crippen molar-refractivity contribution in [3.05, 3.63) is 87.3 Å². The van der Waals surface area contributed by atoms with E-state index in [0.717, 1.165) is 29.8 Å². The van der Waals surface area contributed by atoms with E-state index in [9.17, 15) is 9.59 Å². The number of para-hydroxylation sites is 2. The van der Waals surface area contributed by atoms with Crippen molar-refractivity contribution in [3.8, 4) is 11.4 Å². The standard InChI is InChI=1S/C23H21N3O3/c1-29-18-13-6-5-10-15(18)19-20-16(11-7-12-17(20)27)24-22-21(19)23(28)26(25-22)14-8-3-2-4-9-14/h2-6,8-10,13,19,24-25H,7,11-12H2,1H3/t19-/m1/s1. The fraction of sp³-hybridized carbons (Fsp3) is 0.217. The van der Waals surface area contributed by atoms with E-state index in [1.165, 1.54) is 4.68 Å². The van der Waals surface area contributed by atoms with E-state index >= 15 is 0 Å². The van der Waals surface area contributed by atoms with Crippen molar-refractivity contribution in [1.29, 1.82) is 0 Å². The molecule has 0 unspecified atom stereocenters. The minimum absolute atomic E-state index is 0.0900. The van der Waals surface area contributed by atoms with Gasteiger partial charge in [0.05, 0.1) is 24.3 Å². The lowest BCUT2D eigenvalue weighted by Crippen LogP contribution is -2.30. The van der Waals surface area contributed by atoms with E-state index in [4.69, 9.17) is 4.74 Å². The van der Waals surface area contributed by atoms with Crippen molar-refractivity contribution in [2.45, 2.75) is 25.2 Å². The molecule has 1 aromatic heterocycles. The molecule has 0 saturated heterocycles. The van der Waals surface area contributed by atoms with Crippen molar-refractivity contribution < 1.29 is 9.53 Å². The van der Waals surface area contributed by atoms with Gasteiger partial charge >= 0.3 is 0 Å². The van der Waals surface area contributed by atoms with Crippen LogP contribution in [0.4, 0.5) is 5.82 Å². The zero-order valence-corrected chi connectivity index (χ0v) is 16.1. The van der Waals surface area contributed by atoms with Gasteiger partial charge in [0.25, 0.3) is 5.56 Å². The fourth-order valence-electron chi connectivity index (χ4n) is 4.41. The summed E-state index contributed by atoms with van der Waals surface area (Å²) in [6.45, 7) is 0. The molecular formula is C23H21N3O3. The van der Waals surface area contributed by atoms with Gasteiger partial charge in [-0.25, -0.2) is 4.68 Å². The lowest BCUT2D eigenvalue weighted by molar-refractivity contribution is -0.116. The van der Waals surface area contributed by atoms with Gasteiger partial charge in [-0.1, -0.05) is 36.4 Å². The minimum Gasteiger partial charge on any atom is -0.496 e. The van der Waals surface area contributed by atoms with Crippen LogP contribution >= 0.6 is 0 Å². The highest BCUT2D eigenvalue weighted by Crippen LogP contribution is 2.45. The molecule has 2 aromatic carbocycles. The zero-order valence-electron chi connectivity index (χ0n) is 16.1. The van der Waals surface area contributed by atoms with Crippen LogP contribution in [0.1, 0.15) is 36.3 Å². The maximum absolute atomic E-state index is 13.5. The molecule has 6 heteroatoms. The lowest BCUT2D eigenvalue weighted by atomic mass is 9.76. The number of benzene rings is 2. The fourth-order valence-corrected chi connectivity index (χ4v) is 4.41. The first-order chi connectivity index (χ1) is 14.2. The Kier molecular flexibility index (Phi) is 4.12. The number of carbonyl (C=O) groups is 1. The molecule has 0 radical (unpaired) electrons. The van der Waals surface area contributed by atoms with Crippen LogP contribution in [0.2, 0.25) is 0 Å². The number of nitrogens with one attached hydrogen (secondary N) is 2. The molecular weight excluding hydrogens is 366 g/mol. The van der Waals surface area contributed by atoms with Crippen LogP contribution in [0.3, 0.4) is 0 Å². The summed E-state index contributed by atoms with van der Waals surface area (Å²) < 4.78 is 7.12. The van der Waals surface area contributed by atoms with Crippen molar-refractivity contribution in [3.63, 3.8) is 0 Å². The number of methoxy groups -OCH3 is 1. The Balaban J connectivity index is 1.78. The summed E-state index contributed by atoms with van der Waals surface area (Å²) in [7, 11) is 1.61. The van der Waals surface area contributed by atoms with Gasteiger partial charge in [0.1, 0.15) is 11.6 Å². The molecule has 1 atom stereocenters. The molecule has 146 valence electrons. The number of aromatic amines is 1. The molecule has 0 amide bonds. The van der Waals surface area contributed by atoms with Crippen LogP contribution in [-0.2, 0) is 4.79 Å². The van der Waals surface area contributed by atoms with Crippen molar-refractivity contribution in [2.24, 2.45) is 0 Å². The number of fused-ring (bicyclic) bond motifs is 1. The Hall–Kier alpha value is -3.54. The Morgan fingerprint density at radius 3 is 2.55 bits per heavy atom. The van der Waals surface area contributed by atoms with Gasteiger partial charge < -0.3 is 10.1 Å². The first kappa shape index (κ1) is 17.6. The van der Waals surface area contributed by atoms with E-state index in [1.54, 1.807) is 7.11 Å². The number of ketones is 1. The van der Waals surface area contributed by atoms with E-state index in [0.29, 0.717) is 29.1 Å². The van der Waals surface area contributed by atoms with Crippen LogP contribution < -0.4 is 15.6 Å². The molecule has 1 aliphatic carbocycles. The molecule has 29 heavy (non-hydrogen) atoms. The number of hydrogen-bond donors (Lipinski definition) is 2. The van der Waals surface area contributed by atoms with Crippen LogP contribution in [0.15, 0.2) is 70.7 Å². The van der Waals surface area contributed by atoms with Gasteiger partial charge in [-0.15, -0.1) is 0 Å². The molecule has 2 N–H and O–H groups in total. The number of aromatic nitrogens is 2. The van der Waals surface area contributed by atoms with Crippen molar-refractivity contribution in [1.82, 2.24) is 9.78 Å². The first-order valence-corrected chi connectivity index (χ1v) is 9.75. The van der Waals surface area contributed by atoms with Gasteiger partial charge in [-0.05, 0) is 31.0 Å². The van der Waals surface area contributed by atoms with Crippen molar-refractivity contribution >= 4 is 11.6 Å². The highest BCUT2D eigenvalue weighted by atomic mass is 16.5. The van der Waals surface area contributed by atoms with E-state index < -0.39 is 5.92 Å². The lowest BCUT2D eigenvalue weighted by Gasteiger charge is -2.31. The number of H-pyrrole nitrogens is 1. The summed E-state index contributed by atoms with van der Waals surface area (Å²) in [4.78, 5) is 26.4. The third-order valence-corrected chi connectivity index (χ3v) is 5.70. The SMILES string of the molecule is COc1ccccc1[C@@H]1C2=C(CCCC2=O)Nc2[nH]n(-c3ccccc3)c(=O)c21. The Labute approximate surface area is 167 Å². The highest BCUT2D eigenvalue weighted by molar-refractivity contribution is 6.01. The number of Topliss-reactive ketones (excluding diaryl/α,β-unsaturated/α-hetero) is 1. The summed E-state index contributed by atoms with van der Waals surface area (Å²) in [5.41, 5.74) is 3.54. The monoisotopic (exact) mass is 387 g/mol. The topological polar surface area (TPSA) is 76.1 Å². The normalized spacial score (nSPS) is 18.1. The highest BCUT2D eigenvalue weighted by Gasteiger charge is 2.39. The summed E-state index contributed by atoms with van der Waals surface area (Å²) in [5.74, 6) is 0.941. The third-order valence-electron chi connectivity index (χ3n) is 5.70. The number of rotatable bonds is 3. The molecule has 3 aromatic rings. The Morgan fingerprint density at radius 1 is 1.00 bits per heavy atom. The largest absolute Gasteiger partial charge is 0.496 e. The average Bonchev–Trinajstić information content (AvgIpc) is 3.09. The quantitative estimate of drug-likeness (QED) is 0.718. The second-order valence-electron chi connectivity index (χ2n) is 7.35. The van der Waals surface area contributed by atoms with E-state index in [1.807, 2.05) is 54.6 Å². The van der Waals surface area contributed by atoms with E-state index in [2.05, 4.69) is 10.4 Å². The van der Waals surface area contributed by atoms with Gasteiger partial charge in [0.15, 0.2) is 5.78 Å². The molecule has 2 aliphatic rings. The van der Waals surface area contributed by atoms with Gasteiger partial charge in [-0.3, -0.25) is 14.7 Å².